The number of likely N-dealkylation sites (tertiary alicyclic amines) is 1. The number of piperidine rings is 1. The van der Waals surface area contributed by atoms with Gasteiger partial charge < -0.3 is 10.0 Å². The van der Waals surface area contributed by atoms with E-state index in [1.807, 2.05) is 0 Å². The normalized spacial score (nSPS) is 37.8. The number of carbonyl (C=O) groups excluding carboxylic acids is 1. The Balaban J connectivity index is 2.16. The van der Waals surface area contributed by atoms with Crippen LogP contribution in [0.3, 0.4) is 0 Å². The molecule has 1 aliphatic carbocycles. The maximum atomic E-state index is 11.0. The number of carboxylic acid groups (broad SMARTS) is 1. The highest BCUT2D eigenvalue weighted by Gasteiger charge is 2.56. The van der Waals surface area contributed by atoms with Gasteiger partial charge in [-0.3, -0.25) is 4.79 Å². The molecule has 1 heterocycles. The summed E-state index contributed by atoms with van der Waals surface area (Å²) in [5.41, 5.74) is 0. The van der Waals surface area contributed by atoms with E-state index in [0.29, 0.717) is 12.5 Å². The summed E-state index contributed by atoms with van der Waals surface area (Å²) in [7, 11) is 0. The molecule has 2 rings (SSSR count). The van der Waals surface area contributed by atoms with Crippen LogP contribution < -0.4 is 0 Å². The topological polar surface area (TPSA) is 57.6 Å². The Labute approximate surface area is 70.2 Å². The van der Waals surface area contributed by atoms with E-state index >= 15 is 0 Å². The number of carbonyl (C=O) groups is 2. The smallest absolute Gasteiger partial charge is 0.326 e. The molecule has 0 aromatic carbocycles. The average molecular weight is 169 g/mol. The number of hydrogen-bond donors (Lipinski definition) is 1. The van der Waals surface area contributed by atoms with Gasteiger partial charge in [0.15, 0.2) is 0 Å². The molecule has 0 spiro atoms. The molecule has 2 aliphatic rings. The number of hydrogen-bond acceptors (Lipinski definition) is 2. The van der Waals surface area contributed by atoms with Gasteiger partial charge in [-0.1, -0.05) is 0 Å². The lowest BCUT2D eigenvalue weighted by atomic mass is 10.2. The second-order valence-electron chi connectivity index (χ2n) is 3.61. The molecular weight excluding hydrogens is 158 g/mol. The van der Waals surface area contributed by atoms with Crippen LogP contribution in [0.15, 0.2) is 0 Å². The minimum Gasteiger partial charge on any atom is -0.480 e. The van der Waals surface area contributed by atoms with E-state index < -0.39 is 12.0 Å². The SMILES string of the molecule is CC(=O)N1C[C@@H]2C[C@@H]2[C@@H]1C(=O)O. The van der Waals surface area contributed by atoms with E-state index in [-0.39, 0.29) is 11.8 Å². The summed E-state index contributed by atoms with van der Waals surface area (Å²) in [6, 6.07) is -0.535. The molecule has 1 amide bonds. The summed E-state index contributed by atoms with van der Waals surface area (Å²) in [4.78, 5) is 23.2. The summed E-state index contributed by atoms with van der Waals surface area (Å²) >= 11 is 0. The second kappa shape index (κ2) is 2.21. The van der Waals surface area contributed by atoms with Crippen molar-refractivity contribution < 1.29 is 14.7 Å². The molecule has 3 atom stereocenters. The van der Waals surface area contributed by atoms with Gasteiger partial charge in [-0.2, -0.15) is 0 Å². The molecule has 0 aromatic rings. The molecule has 0 bridgehead atoms. The number of carboxylic acids is 1. The van der Waals surface area contributed by atoms with Crippen LogP contribution in [-0.2, 0) is 9.59 Å². The molecule has 1 N–H and O–H groups in total. The first-order valence-electron chi connectivity index (χ1n) is 4.11. The zero-order valence-electron chi connectivity index (χ0n) is 6.86. The van der Waals surface area contributed by atoms with Crippen LogP contribution >= 0.6 is 0 Å². The minimum absolute atomic E-state index is 0.116. The fourth-order valence-corrected chi connectivity index (χ4v) is 2.11. The number of rotatable bonds is 1. The number of fused-ring (bicyclic) bond motifs is 1. The fraction of sp³-hybridized carbons (Fsp3) is 0.750. The zero-order valence-corrected chi connectivity index (χ0v) is 6.86. The van der Waals surface area contributed by atoms with Gasteiger partial charge in [-0.05, 0) is 18.3 Å². The van der Waals surface area contributed by atoms with Gasteiger partial charge in [-0.15, -0.1) is 0 Å². The Hall–Kier alpha value is -1.06. The maximum absolute atomic E-state index is 11.0. The summed E-state index contributed by atoms with van der Waals surface area (Å²) in [6.07, 6.45) is 0.987. The van der Waals surface area contributed by atoms with Crippen molar-refractivity contribution >= 4 is 11.9 Å². The van der Waals surface area contributed by atoms with Crippen LogP contribution in [-0.4, -0.2) is 34.5 Å². The Morgan fingerprint density at radius 2 is 2.17 bits per heavy atom. The number of aliphatic carboxylic acids is 1. The zero-order chi connectivity index (χ0) is 8.88. The lowest BCUT2D eigenvalue weighted by molar-refractivity contribution is -0.148. The molecule has 2 fully saturated rings. The Morgan fingerprint density at radius 1 is 1.50 bits per heavy atom. The Morgan fingerprint density at radius 3 is 2.58 bits per heavy atom. The van der Waals surface area contributed by atoms with Gasteiger partial charge in [-0.25, -0.2) is 4.79 Å². The molecule has 1 aliphatic heterocycles. The van der Waals surface area contributed by atoms with Crippen LogP contribution in [0.5, 0.6) is 0 Å². The van der Waals surface area contributed by atoms with Crippen molar-refractivity contribution in [1.82, 2.24) is 4.90 Å². The number of amides is 1. The Bertz CT molecular complexity index is 251. The quantitative estimate of drug-likeness (QED) is 0.598. The molecule has 1 saturated heterocycles. The van der Waals surface area contributed by atoms with Crippen molar-refractivity contribution in [1.29, 1.82) is 0 Å². The van der Waals surface area contributed by atoms with Gasteiger partial charge in [0.2, 0.25) is 5.91 Å². The maximum Gasteiger partial charge on any atom is 0.326 e. The highest BCUT2D eigenvalue weighted by atomic mass is 16.4. The summed E-state index contributed by atoms with van der Waals surface area (Å²) in [5, 5.41) is 8.84. The second-order valence-corrected chi connectivity index (χ2v) is 3.61. The first-order valence-corrected chi connectivity index (χ1v) is 4.11. The molecule has 4 nitrogen and oxygen atoms in total. The first kappa shape index (κ1) is 7.58. The summed E-state index contributed by atoms with van der Waals surface area (Å²) in [5.74, 6) is -0.258. The van der Waals surface area contributed by atoms with Gasteiger partial charge in [0.05, 0.1) is 0 Å². The van der Waals surface area contributed by atoms with E-state index in [1.54, 1.807) is 0 Å². The van der Waals surface area contributed by atoms with Gasteiger partial charge in [0.1, 0.15) is 6.04 Å². The molecule has 0 radical (unpaired) electrons. The highest BCUT2D eigenvalue weighted by Crippen LogP contribution is 2.49. The van der Waals surface area contributed by atoms with Gasteiger partial charge in [0.25, 0.3) is 0 Å². The third-order valence-electron chi connectivity index (χ3n) is 2.81. The lowest BCUT2D eigenvalue weighted by Gasteiger charge is -2.22. The highest BCUT2D eigenvalue weighted by molar-refractivity contribution is 5.84. The minimum atomic E-state index is -0.852. The Kier molecular flexibility index (Phi) is 1.40. The fourth-order valence-electron chi connectivity index (χ4n) is 2.11. The summed E-state index contributed by atoms with van der Waals surface area (Å²) < 4.78 is 0. The van der Waals surface area contributed by atoms with Crippen molar-refractivity contribution in [2.24, 2.45) is 11.8 Å². The van der Waals surface area contributed by atoms with Crippen LogP contribution in [0.4, 0.5) is 0 Å². The van der Waals surface area contributed by atoms with E-state index in [0.717, 1.165) is 6.42 Å². The van der Waals surface area contributed by atoms with E-state index in [9.17, 15) is 9.59 Å². The third kappa shape index (κ3) is 0.906. The van der Waals surface area contributed by atoms with Crippen molar-refractivity contribution in [3.8, 4) is 0 Å². The van der Waals surface area contributed by atoms with Crippen molar-refractivity contribution in [3.05, 3.63) is 0 Å². The monoisotopic (exact) mass is 169 g/mol. The van der Waals surface area contributed by atoms with Crippen molar-refractivity contribution in [2.75, 3.05) is 6.54 Å². The lowest BCUT2D eigenvalue weighted by Crippen LogP contribution is -2.42. The van der Waals surface area contributed by atoms with E-state index in [2.05, 4.69) is 0 Å². The van der Waals surface area contributed by atoms with Crippen LogP contribution in [0.25, 0.3) is 0 Å². The van der Waals surface area contributed by atoms with Crippen LogP contribution in [0, 0.1) is 11.8 Å². The largest absolute Gasteiger partial charge is 0.480 e. The average Bonchev–Trinajstić information content (AvgIpc) is 2.60. The molecule has 0 unspecified atom stereocenters. The predicted molar refractivity (Wildman–Crippen MR) is 40.4 cm³/mol. The van der Waals surface area contributed by atoms with Crippen molar-refractivity contribution in [3.63, 3.8) is 0 Å². The summed E-state index contributed by atoms with van der Waals surface area (Å²) in [6.45, 7) is 2.08. The molecule has 0 aromatic heterocycles. The first-order chi connectivity index (χ1) is 5.61. The molecule has 12 heavy (non-hydrogen) atoms. The third-order valence-corrected chi connectivity index (χ3v) is 2.81. The number of nitrogens with zero attached hydrogens (tertiary/aromatic N) is 1. The predicted octanol–water partition coefficient (Wildman–Crippen LogP) is -0.0622. The van der Waals surface area contributed by atoms with Crippen LogP contribution in [0.1, 0.15) is 13.3 Å². The molecule has 66 valence electrons. The van der Waals surface area contributed by atoms with Crippen molar-refractivity contribution in [2.45, 2.75) is 19.4 Å². The van der Waals surface area contributed by atoms with E-state index in [1.165, 1.54) is 11.8 Å². The molecule has 4 heteroatoms. The molecule has 1 saturated carbocycles. The molecular formula is C8H11NO3. The van der Waals surface area contributed by atoms with E-state index in [4.69, 9.17) is 5.11 Å². The standard InChI is InChI=1S/C8H11NO3/c1-4(10)9-3-5-2-6(5)7(9)8(11)12/h5-7H,2-3H2,1H3,(H,11,12)/t5-,6-,7+/m0/s1. The van der Waals surface area contributed by atoms with Gasteiger partial charge >= 0.3 is 5.97 Å². The van der Waals surface area contributed by atoms with Crippen LogP contribution in [0.2, 0.25) is 0 Å². The van der Waals surface area contributed by atoms with Gasteiger partial charge in [0, 0.05) is 13.5 Å².